The minimum absolute atomic E-state index is 0.108. The quantitative estimate of drug-likeness (QED) is 0.844. The van der Waals surface area contributed by atoms with Gasteiger partial charge in [-0.15, -0.1) is 0 Å². The monoisotopic (exact) mass is 247 g/mol. The maximum Gasteiger partial charge on any atom is 0.256 e. The first-order valence-corrected chi connectivity index (χ1v) is 5.89. The third kappa shape index (κ3) is 2.61. The molecular formula is C13H17N3O2. The fraction of sp³-hybridized carbons (Fsp3) is 0.385. The van der Waals surface area contributed by atoms with Crippen LogP contribution in [0.3, 0.4) is 0 Å². The van der Waals surface area contributed by atoms with Crippen LogP contribution in [-0.4, -0.2) is 25.0 Å². The van der Waals surface area contributed by atoms with Crippen molar-refractivity contribution in [3.63, 3.8) is 0 Å². The summed E-state index contributed by atoms with van der Waals surface area (Å²) in [6.07, 6.45) is 0. The molecule has 1 aliphatic heterocycles. The zero-order valence-corrected chi connectivity index (χ0v) is 10.7. The van der Waals surface area contributed by atoms with Crippen molar-refractivity contribution in [1.29, 1.82) is 0 Å². The molecule has 1 aromatic carbocycles. The van der Waals surface area contributed by atoms with Gasteiger partial charge in [0.1, 0.15) is 5.75 Å². The van der Waals surface area contributed by atoms with Gasteiger partial charge in [-0.25, -0.2) is 4.99 Å². The molecule has 0 saturated carbocycles. The number of hydrogen-bond acceptors (Lipinski definition) is 4. The molecule has 18 heavy (non-hydrogen) atoms. The highest BCUT2D eigenvalue weighted by atomic mass is 16.5. The number of carbonyl (C=O) groups is 1. The molecule has 0 saturated heterocycles. The third-order valence-corrected chi connectivity index (χ3v) is 2.61. The molecule has 0 radical (unpaired) electrons. The van der Waals surface area contributed by atoms with Crippen LogP contribution in [0.4, 0.5) is 0 Å². The molecule has 0 aliphatic carbocycles. The number of rotatable bonds is 3. The molecule has 2 N–H and O–H groups in total. The van der Waals surface area contributed by atoms with Gasteiger partial charge in [0.15, 0.2) is 12.0 Å². The third-order valence-electron chi connectivity index (χ3n) is 2.61. The lowest BCUT2D eigenvalue weighted by Gasteiger charge is -2.07. The molecular weight excluding hydrogens is 230 g/mol. The topological polar surface area (TPSA) is 62.7 Å². The number of hydrogen-bond donors (Lipinski definition) is 2. The number of benzene rings is 1. The smallest absolute Gasteiger partial charge is 0.256 e. The SMILES string of the molecule is COc1ccc(C2N=C(NC(C)C)NC2=O)cc1. The summed E-state index contributed by atoms with van der Waals surface area (Å²) in [5.74, 6) is 1.20. The van der Waals surface area contributed by atoms with Crippen LogP contribution in [0.1, 0.15) is 25.5 Å². The summed E-state index contributed by atoms with van der Waals surface area (Å²) >= 11 is 0. The van der Waals surface area contributed by atoms with E-state index in [4.69, 9.17) is 4.74 Å². The van der Waals surface area contributed by atoms with Crippen molar-refractivity contribution in [2.45, 2.75) is 25.9 Å². The summed E-state index contributed by atoms with van der Waals surface area (Å²) in [7, 11) is 1.61. The first-order chi connectivity index (χ1) is 8.60. The normalized spacial score (nSPS) is 18.6. The molecule has 0 bridgehead atoms. The van der Waals surface area contributed by atoms with Gasteiger partial charge < -0.3 is 10.1 Å². The van der Waals surface area contributed by atoms with E-state index in [1.807, 2.05) is 38.1 Å². The number of aliphatic imine (C=N–C) groups is 1. The molecule has 1 amide bonds. The fourth-order valence-electron chi connectivity index (χ4n) is 1.76. The molecule has 1 aliphatic rings. The van der Waals surface area contributed by atoms with Crippen molar-refractivity contribution in [2.75, 3.05) is 7.11 Å². The Bertz CT molecular complexity index is 466. The molecule has 1 aromatic rings. The zero-order valence-electron chi connectivity index (χ0n) is 10.7. The molecule has 1 unspecified atom stereocenters. The van der Waals surface area contributed by atoms with Crippen LogP contribution < -0.4 is 15.4 Å². The van der Waals surface area contributed by atoms with Gasteiger partial charge >= 0.3 is 0 Å². The van der Waals surface area contributed by atoms with Crippen LogP contribution in [0.25, 0.3) is 0 Å². The van der Waals surface area contributed by atoms with Crippen LogP contribution in [0, 0.1) is 0 Å². The Morgan fingerprint density at radius 1 is 1.33 bits per heavy atom. The van der Waals surface area contributed by atoms with Gasteiger partial charge in [0.05, 0.1) is 7.11 Å². The molecule has 0 spiro atoms. The fourth-order valence-corrected chi connectivity index (χ4v) is 1.76. The standard InChI is InChI=1S/C13H17N3O2/c1-8(2)14-13-15-11(12(17)16-13)9-4-6-10(18-3)7-5-9/h4-8,11H,1-3H3,(H2,14,15,16,17). The number of guanidine groups is 1. The summed E-state index contributed by atoms with van der Waals surface area (Å²) in [4.78, 5) is 16.2. The zero-order chi connectivity index (χ0) is 13.1. The van der Waals surface area contributed by atoms with E-state index in [1.54, 1.807) is 7.11 Å². The van der Waals surface area contributed by atoms with Crippen LogP contribution >= 0.6 is 0 Å². The summed E-state index contributed by atoms with van der Waals surface area (Å²) in [5.41, 5.74) is 0.855. The maximum atomic E-state index is 11.8. The lowest BCUT2D eigenvalue weighted by molar-refractivity contribution is -0.120. The Kier molecular flexibility index (Phi) is 3.50. The van der Waals surface area contributed by atoms with Crippen molar-refractivity contribution < 1.29 is 9.53 Å². The number of carbonyl (C=O) groups excluding carboxylic acids is 1. The lowest BCUT2D eigenvalue weighted by Crippen LogP contribution is -2.40. The Morgan fingerprint density at radius 3 is 2.56 bits per heavy atom. The van der Waals surface area contributed by atoms with Crippen molar-refractivity contribution in [2.24, 2.45) is 4.99 Å². The van der Waals surface area contributed by atoms with Crippen LogP contribution in [-0.2, 0) is 4.79 Å². The number of amides is 1. The van der Waals surface area contributed by atoms with Gasteiger partial charge in [0.25, 0.3) is 5.91 Å². The molecule has 2 rings (SSSR count). The Labute approximate surface area is 106 Å². The van der Waals surface area contributed by atoms with E-state index in [0.29, 0.717) is 5.96 Å². The Balaban J connectivity index is 2.16. The maximum absolute atomic E-state index is 11.8. The van der Waals surface area contributed by atoms with Crippen LogP contribution in [0.2, 0.25) is 0 Å². The van der Waals surface area contributed by atoms with E-state index in [-0.39, 0.29) is 11.9 Å². The molecule has 0 aromatic heterocycles. The number of nitrogens with one attached hydrogen (secondary N) is 2. The largest absolute Gasteiger partial charge is 0.497 e. The Morgan fingerprint density at radius 2 is 2.00 bits per heavy atom. The highest BCUT2D eigenvalue weighted by Crippen LogP contribution is 2.23. The Hall–Kier alpha value is -2.04. The highest BCUT2D eigenvalue weighted by molar-refractivity contribution is 6.05. The second kappa shape index (κ2) is 5.08. The van der Waals surface area contributed by atoms with E-state index >= 15 is 0 Å². The van der Waals surface area contributed by atoms with Gasteiger partial charge in [0, 0.05) is 6.04 Å². The van der Waals surface area contributed by atoms with Crippen molar-refractivity contribution in [1.82, 2.24) is 10.6 Å². The van der Waals surface area contributed by atoms with Crippen molar-refractivity contribution in [3.05, 3.63) is 29.8 Å². The van der Waals surface area contributed by atoms with Gasteiger partial charge in [-0.1, -0.05) is 12.1 Å². The van der Waals surface area contributed by atoms with E-state index in [0.717, 1.165) is 11.3 Å². The number of ether oxygens (including phenoxy) is 1. The minimum Gasteiger partial charge on any atom is -0.497 e. The summed E-state index contributed by atoms with van der Waals surface area (Å²) in [6.45, 7) is 3.99. The molecule has 96 valence electrons. The van der Waals surface area contributed by atoms with Gasteiger partial charge in [0.2, 0.25) is 0 Å². The van der Waals surface area contributed by atoms with E-state index in [2.05, 4.69) is 15.6 Å². The number of nitrogens with zero attached hydrogens (tertiary/aromatic N) is 1. The summed E-state index contributed by atoms with van der Waals surface area (Å²) < 4.78 is 5.08. The second-order valence-electron chi connectivity index (χ2n) is 4.44. The second-order valence-corrected chi connectivity index (χ2v) is 4.44. The predicted molar refractivity (Wildman–Crippen MR) is 69.6 cm³/mol. The van der Waals surface area contributed by atoms with E-state index < -0.39 is 6.04 Å². The van der Waals surface area contributed by atoms with Crippen LogP contribution in [0.5, 0.6) is 5.75 Å². The minimum atomic E-state index is -0.475. The highest BCUT2D eigenvalue weighted by Gasteiger charge is 2.27. The molecule has 1 atom stereocenters. The summed E-state index contributed by atoms with van der Waals surface area (Å²) in [5, 5.41) is 5.82. The predicted octanol–water partition coefficient (Wildman–Crippen LogP) is 1.22. The van der Waals surface area contributed by atoms with E-state index in [1.165, 1.54) is 0 Å². The molecule has 5 nitrogen and oxygen atoms in total. The molecule has 0 fully saturated rings. The average molecular weight is 247 g/mol. The first-order valence-electron chi connectivity index (χ1n) is 5.89. The lowest BCUT2D eigenvalue weighted by atomic mass is 10.1. The molecule has 5 heteroatoms. The summed E-state index contributed by atoms with van der Waals surface area (Å²) in [6, 6.07) is 7.11. The average Bonchev–Trinajstić information content (AvgIpc) is 2.69. The van der Waals surface area contributed by atoms with Crippen molar-refractivity contribution >= 4 is 11.9 Å². The first kappa shape index (κ1) is 12.4. The number of methoxy groups -OCH3 is 1. The van der Waals surface area contributed by atoms with Gasteiger partial charge in [-0.05, 0) is 31.5 Å². The van der Waals surface area contributed by atoms with Gasteiger partial charge in [-0.3, -0.25) is 10.1 Å². The van der Waals surface area contributed by atoms with Crippen molar-refractivity contribution in [3.8, 4) is 5.75 Å². The van der Waals surface area contributed by atoms with Crippen LogP contribution in [0.15, 0.2) is 29.3 Å². The van der Waals surface area contributed by atoms with E-state index in [9.17, 15) is 4.79 Å². The van der Waals surface area contributed by atoms with Gasteiger partial charge in [-0.2, -0.15) is 0 Å². The molecule has 1 heterocycles.